The number of aliphatic carboxylic acids is 1. The molecule has 0 spiro atoms. The molecule has 102 valence electrons. The summed E-state index contributed by atoms with van der Waals surface area (Å²) in [6.07, 6.45) is 3.09. The van der Waals surface area contributed by atoms with Crippen LogP contribution in [0.15, 0.2) is 0 Å². The van der Waals surface area contributed by atoms with Gasteiger partial charge in [0.1, 0.15) is 0 Å². The number of carbonyl (C=O) groups is 2. The lowest BCUT2D eigenvalue weighted by molar-refractivity contribution is -0.148. The number of hydrogen-bond acceptors (Lipinski definition) is 2. The van der Waals surface area contributed by atoms with Crippen molar-refractivity contribution in [2.45, 2.75) is 45.6 Å². The molecular weight excluding hydrogens is 232 g/mol. The normalized spacial score (nSPS) is 34.4. The van der Waals surface area contributed by atoms with Crippen molar-refractivity contribution in [3.8, 4) is 0 Å². The van der Waals surface area contributed by atoms with Gasteiger partial charge in [-0.2, -0.15) is 0 Å². The maximum absolute atomic E-state index is 12.0. The van der Waals surface area contributed by atoms with E-state index in [4.69, 9.17) is 0 Å². The lowest BCUT2D eigenvalue weighted by Crippen LogP contribution is -2.42. The summed E-state index contributed by atoms with van der Waals surface area (Å²) in [5.41, 5.74) is -0.721. The average Bonchev–Trinajstić information content (AvgIpc) is 2.83. The van der Waals surface area contributed by atoms with E-state index in [9.17, 15) is 14.7 Å². The van der Waals surface area contributed by atoms with Crippen molar-refractivity contribution < 1.29 is 14.7 Å². The molecule has 18 heavy (non-hydrogen) atoms. The van der Waals surface area contributed by atoms with Gasteiger partial charge in [-0.05, 0) is 25.2 Å². The Balaban J connectivity index is 1.93. The summed E-state index contributed by atoms with van der Waals surface area (Å²) in [5, 5.41) is 12.3. The standard InChI is InChI=1S/C13H22N2O3/c1-3-4-13(11(16)17)5-6-15(8-13)12(18)14-10-7-9(10)2/h9-10H,3-8H2,1-2H3,(H,14,18)(H,16,17). The molecule has 2 amide bonds. The topological polar surface area (TPSA) is 69.6 Å². The predicted octanol–water partition coefficient (Wildman–Crippen LogP) is 1.68. The number of nitrogens with zero attached hydrogens (tertiary/aromatic N) is 1. The van der Waals surface area contributed by atoms with E-state index in [0.29, 0.717) is 37.9 Å². The highest BCUT2D eigenvalue weighted by Gasteiger charge is 2.46. The first-order valence-electron chi connectivity index (χ1n) is 6.77. The van der Waals surface area contributed by atoms with E-state index in [1.165, 1.54) is 0 Å². The molecule has 2 fully saturated rings. The van der Waals surface area contributed by atoms with Crippen LogP contribution in [0.5, 0.6) is 0 Å². The fraction of sp³-hybridized carbons (Fsp3) is 0.846. The second-order valence-electron chi connectivity index (χ2n) is 5.78. The van der Waals surface area contributed by atoms with Crippen LogP contribution in [0.2, 0.25) is 0 Å². The second-order valence-corrected chi connectivity index (χ2v) is 5.78. The minimum absolute atomic E-state index is 0.0939. The lowest BCUT2D eigenvalue weighted by Gasteiger charge is -2.24. The molecule has 1 aliphatic heterocycles. The van der Waals surface area contributed by atoms with Crippen molar-refractivity contribution >= 4 is 12.0 Å². The second kappa shape index (κ2) is 4.78. The molecule has 5 heteroatoms. The fourth-order valence-corrected chi connectivity index (χ4v) is 2.78. The summed E-state index contributed by atoms with van der Waals surface area (Å²) in [6, 6.07) is 0.201. The number of hydrogen-bond donors (Lipinski definition) is 2. The Morgan fingerprint density at radius 2 is 2.17 bits per heavy atom. The van der Waals surface area contributed by atoms with Crippen molar-refractivity contribution in [1.82, 2.24) is 10.2 Å². The molecule has 1 aliphatic carbocycles. The van der Waals surface area contributed by atoms with Crippen molar-refractivity contribution in [3.63, 3.8) is 0 Å². The van der Waals surface area contributed by atoms with Crippen LogP contribution in [-0.4, -0.2) is 41.1 Å². The smallest absolute Gasteiger partial charge is 0.317 e. The molecule has 1 heterocycles. The van der Waals surface area contributed by atoms with Gasteiger partial charge in [0.25, 0.3) is 0 Å². The van der Waals surface area contributed by atoms with Gasteiger partial charge < -0.3 is 15.3 Å². The summed E-state index contributed by atoms with van der Waals surface area (Å²) in [4.78, 5) is 25.0. The van der Waals surface area contributed by atoms with Gasteiger partial charge >= 0.3 is 12.0 Å². The summed E-state index contributed by atoms with van der Waals surface area (Å²) in [7, 11) is 0. The van der Waals surface area contributed by atoms with Gasteiger partial charge in [0, 0.05) is 19.1 Å². The number of nitrogens with one attached hydrogen (secondary N) is 1. The van der Waals surface area contributed by atoms with Crippen LogP contribution in [0.1, 0.15) is 39.5 Å². The Labute approximate surface area is 108 Å². The third-order valence-electron chi connectivity index (χ3n) is 4.24. The lowest BCUT2D eigenvalue weighted by atomic mass is 9.83. The van der Waals surface area contributed by atoms with Crippen LogP contribution in [0.3, 0.4) is 0 Å². The third kappa shape index (κ3) is 2.44. The molecule has 1 saturated carbocycles. The van der Waals surface area contributed by atoms with Crippen LogP contribution in [0.25, 0.3) is 0 Å². The number of amides is 2. The molecule has 2 N–H and O–H groups in total. The molecule has 2 rings (SSSR count). The molecule has 0 aromatic carbocycles. The summed E-state index contributed by atoms with van der Waals surface area (Å²) >= 11 is 0. The summed E-state index contributed by atoms with van der Waals surface area (Å²) in [5.74, 6) is -0.198. The van der Waals surface area contributed by atoms with Gasteiger partial charge in [0.15, 0.2) is 0 Å². The molecule has 3 unspecified atom stereocenters. The van der Waals surface area contributed by atoms with Gasteiger partial charge in [-0.3, -0.25) is 4.79 Å². The van der Waals surface area contributed by atoms with E-state index in [-0.39, 0.29) is 6.03 Å². The maximum atomic E-state index is 12.0. The Bertz CT molecular complexity index is 358. The van der Waals surface area contributed by atoms with Gasteiger partial charge in [0.2, 0.25) is 0 Å². The Morgan fingerprint density at radius 3 is 2.67 bits per heavy atom. The van der Waals surface area contributed by atoms with Gasteiger partial charge in [-0.25, -0.2) is 4.79 Å². The zero-order valence-electron chi connectivity index (χ0n) is 11.1. The number of carbonyl (C=O) groups excluding carboxylic acids is 1. The first-order valence-corrected chi connectivity index (χ1v) is 6.77. The molecule has 1 saturated heterocycles. The molecule has 2 aliphatic rings. The first kappa shape index (κ1) is 13.2. The fourth-order valence-electron chi connectivity index (χ4n) is 2.78. The van der Waals surface area contributed by atoms with Crippen LogP contribution >= 0.6 is 0 Å². The Hall–Kier alpha value is -1.26. The summed E-state index contributed by atoms with van der Waals surface area (Å²) in [6.45, 7) is 5.00. The highest BCUT2D eigenvalue weighted by atomic mass is 16.4. The molecule has 5 nitrogen and oxygen atoms in total. The quantitative estimate of drug-likeness (QED) is 0.802. The van der Waals surface area contributed by atoms with Crippen LogP contribution in [0.4, 0.5) is 4.79 Å². The SMILES string of the molecule is CCCC1(C(=O)O)CCN(C(=O)NC2CC2C)C1. The van der Waals surface area contributed by atoms with Crippen LogP contribution in [0, 0.1) is 11.3 Å². The average molecular weight is 254 g/mol. The first-order chi connectivity index (χ1) is 8.48. The van der Waals surface area contributed by atoms with Crippen molar-refractivity contribution in [2.24, 2.45) is 11.3 Å². The number of rotatable bonds is 4. The van der Waals surface area contributed by atoms with E-state index in [1.807, 2.05) is 6.92 Å². The zero-order valence-corrected chi connectivity index (χ0v) is 11.1. The molecule has 0 aromatic heterocycles. The molecular formula is C13H22N2O3. The van der Waals surface area contributed by atoms with E-state index >= 15 is 0 Å². The largest absolute Gasteiger partial charge is 0.481 e. The van der Waals surface area contributed by atoms with Gasteiger partial charge in [-0.15, -0.1) is 0 Å². The van der Waals surface area contributed by atoms with Gasteiger partial charge in [-0.1, -0.05) is 20.3 Å². The third-order valence-corrected chi connectivity index (χ3v) is 4.24. The molecule has 0 bridgehead atoms. The highest BCUT2D eigenvalue weighted by molar-refractivity contribution is 5.80. The Kier molecular flexibility index (Phi) is 3.50. The van der Waals surface area contributed by atoms with Crippen molar-refractivity contribution in [3.05, 3.63) is 0 Å². The van der Waals surface area contributed by atoms with Crippen molar-refractivity contribution in [2.75, 3.05) is 13.1 Å². The zero-order chi connectivity index (χ0) is 13.3. The van der Waals surface area contributed by atoms with Crippen molar-refractivity contribution in [1.29, 1.82) is 0 Å². The Morgan fingerprint density at radius 1 is 1.50 bits per heavy atom. The van der Waals surface area contributed by atoms with E-state index in [1.54, 1.807) is 4.90 Å². The number of carboxylic acids is 1. The minimum atomic E-state index is -0.764. The predicted molar refractivity (Wildman–Crippen MR) is 67.3 cm³/mol. The van der Waals surface area contributed by atoms with Gasteiger partial charge in [0.05, 0.1) is 5.41 Å². The number of carboxylic acid groups (broad SMARTS) is 1. The van der Waals surface area contributed by atoms with Crippen LogP contribution < -0.4 is 5.32 Å². The van der Waals surface area contributed by atoms with E-state index in [0.717, 1.165) is 12.8 Å². The highest BCUT2D eigenvalue weighted by Crippen LogP contribution is 2.36. The number of likely N-dealkylation sites (tertiary alicyclic amines) is 1. The van der Waals surface area contributed by atoms with Crippen LogP contribution in [-0.2, 0) is 4.79 Å². The van der Waals surface area contributed by atoms with E-state index in [2.05, 4.69) is 12.2 Å². The number of urea groups is 1. The van der Waals surface area contributed by atoms with E-state index < -0.39 is 11.4 Å². The summed E-state index contributed by atoms with van der Waals surface area (Å²) < 4.78 is 0. The monoisotopic (exact) mass is 254 g/mol. The maximum Gasteiger partial charge on any atom is 0.317 e. The molecule has 3 atom stereocenters. The molecule has 0 aromatic rings. The molecule has 0 radical (unpaired) electrons. The minimum Gasteiger partial charge on any atom is -0.481 e.